The Morgan fingerprint density at radius 1 is 1.28 bits per heavy atom. The number of phenolic OH excluding ortho intramolecular Hbond substituents is 1. The van der Waals surface area contributed by atoms with Gasteiger partial charge in [0.2, 0.25) is 0 Å². The topological polar surface area (TPSA) is 69.6 Å². The van der Waals surface area contributed by atoms with Crippen molar-refractivity contribution in [1.82, 2.24) is 5.32 Å². The molecule has 0 aliphatic carbocycles. The molecule has 5 heteroatoms. The van der Waals surface area contributed by atoms with E-state index in [0.29, 0.717) is 10.0 Å². The van der Waals surface area contributed by atoms with Crippen molar-refractivity contribution >= 4 is 21.8 Å². The summed E-state index contributed by atoms with van der Waals surface area (Å²) >= 11 is 3.15. The number of rotatable bonds is 3. The Bertz CT molecular complexity index is 464. The zero-order valence-corrected chi connectivity index (χ0v) is 12.5. The number of aromatic hydroxyl groups is 1. The van der Waals surface area contributed by atoms with Crippen LogP contribution in [-0.2, 0) is 0 Å². The zero-order chi connectivity index (χ0) is 14.1. The number of nitrogens with one attached hydrogen (secondary N) is 1. The highest BCUT2D eigenvalue weighted by Crippen LogP contribution is 2.25. The maximum atomic E-state index is 12.0. The van der Waals surface area contributed by atoms with Crippen molar-refractivity contribution in [3.63, 3.8) is 0 Å². The van der Waals surface area contributed by atoms with Gasteiger partial charge < -0.3 is 15.5 Å². The fraction of sp³-hybridized carbons (Fsp3) is 0.462. The van der Waals surface area contributed by atoms with Crippen molar-refractivity contribution in [1.29, 1.82) is 0 Å². The third-order valence-corrected chi connectivity index (χ3v) is 3.83. The van der Waals surface area contributed by atoms with E-state index >= 15 is 0 Å². The van der Waals surface area contributed by atoms with E-state index in [4.69, 9.17) is 0 Å². The van der Waals surface area contributed by atoms with Crippen LogP contribution in [0.1, 0.15) is 38.1 Å². The molecule has 0 saturated heterocycles. The second-order valence-electron chi connectivity index (χ2n) is 5.30. The predicted octanol–water partition coefficient (Wildman–Crippen LogP) is 2.43. The van der Waals surface area contributed by atoms with Crippen LogP contribution < -0.4 is 5.32 Å². The molecule has 0 aromatic heterocycles. The van der Waals surface area contributed by atoms with E-state index in [9.17, 15) is 15.0 Å². The summed E-state index contributed by atoms with van der Waals surface area (Å²) in [7, 11) is 0. The zero-order valence-electron chi connectivity index (χ0n) is 10.9. The number of carbonyl (C=O) groups is 1. The molecule has 1 rings (SSSR count). The van der Waals surface area contributed by atoms with Crippen LogP contribution in [-0.4, -0.2) is 27.3 Å². The lowest BCUT2D eigenvalue weighted by Gasteiger charge is -2.38. The van der Waals surface area contributed by atoms with Gasteiger partial charge in [-0.2, -0.15) is 0 Å². The van der Waals surface area contributed by atoms with Gasteiger partial charge in [0.1, 0.15) is 5.75 Å². The molecule has 0 saturated carbocycles. The molecule has 0 radical (unpaired) electrons. The van der Waals surface area contributed by atoms with E-state index in [1.165, 1.54) is 6.07 Å². The monoisotopic (exact) mass is 315 g/mol. The quantitative estimate of drug-likeness (QED) is 0.802. The first-order valence-corrected chi connectivity index (χ1v) is 6.37. The lowest BCUT2D eigenvalue weighted by Crippen LogP contribution is -2.57. The van der Waals surface area contributed by atoms with Crippen LogP contribution in [0.5, 0.6) is 5.75 Å². The van der Waals surface area contributed by atoms with Crippen molar-refractivity contribution in [2.75, 3.05) is 0 Å². The lowest BCUT2D eigenvalue weighted by atomic mass is 9.86. The van der Waals surface area contributed by atoms with Gasteiger partial charge in [0.15, 0.2) is 0 Å². The SMILES string of the molecule is CC(C)(O)C(C)(C)NC(=O)c1ccc(Br)c(O)c1. The standard InChI is InChI=1S/C13H18BrNO3/c1-12(2,13(3,4)18)15-11(17)8-5-6-9(14)10(16)7-8/h5-7,16,18H,1-4H3,(H,15,17). The fourth-order valence-corrected chi connectivity index (χ4v) is 1.41. The summed E-state index contributed by atoms with van der Waals surface area (Å²) in [5.41, 5.74) is -1.50. The molecular formula is C13H18BrNO3. The highest BCUT2D eigenvalue weighted by molar-refractivity contribution is 9.10. The fourth-order valence-electron chi connectivity index (χ4n) is 1.16. The Morgan fingerprint density at radius 2 is 1.83 bits per heavy atom. The van der Waals surface area contributed by atoms with E-state index in [-0.39, 0.29) is 11.7 Å². The van der Waals surface area contributed by atoms with E-state index < -0.39 is 11.1 Å². The van der Waals surface area contributed by atoms with Crippen LogP contribution in [0.15, 0.2) is 22.7 Å². The molecule has 1 amide bonds. The number of hydrogen-bond donors (Lipinski definition) is 3. The molecule has 18 heavy (non-hydrogen) atoms. The van der Waals surface area contributed by atoms with Gasteiger partial charge in [-0.3, -0.25) is 4.79 Å². The third kappa shape index (κ3) is 3.23. The molecule has 100 valence electrons. The van der Waals surface area contributed by atoms with Crippen LogP contribution in [0.25, 0.3) is 0 Å². The van der Waals surface area contributed by atoms with Gasteiger partial charge in [-0.1, -0.05) is 0 Å². The molecule has 4 nitrogen and oxygen atoms in total. The van der Waals surface area contributed by atoms with Crippen molar-refractivity contribution in [2.45, 2.75) is 38.8 Å². The minimum atomic E-state index is -1.06. The molecule has 0 spiro atoms. The Hall–Kier alpha value is -1.07. The maximum Gasteiger partial charge on any atom is 0.251 e. The first kappa shape index (κ1) is 15.0. The highest BCUT2D eigenvalue weighted by Gasteiger charge is 2.36. The summed E-state index contributed by atoms with van der Waals surface area (Å²) in [6.45, 7) is 6.74. The summed E-state index contributed by atoms with van der Waals surface area (Å²) in [6.07, 6.45) is 0. The molecule has 0 fully saturated rings. The average Bonchev–Trinajstić information content (AvgIpc) is 2.19. The van der Waals surface area contributed by atoms with Crippen LogP contribution in [0, 0.1) is 0 Å². The van der Waals surface area contributed by atoms with Crippen LogP contribution in [0.4, 0.5) is 0 Å². The highest BCUT2D eigenvalue weighted by atomic mass is 79.9. The van der Waals surface area contributed by atoms with Gasteiger partial charge in [0, 0.05) is 5.56 Å². The molecule has 0 aliphatic rings. The Labute approximate surface area is 115 Å². The van der Waals surface area contributed by atoms with Crippen LogP contribution in [0.3, 0.4) is 0 Å². The van der Waals surface area contributed by atoms with Crippen LogP contribution >= 0.6 is 15.9 Å². The van der Waals surface area contributed by atoms with Crippen molar-refractivity contribution in [3.05, 3.63) is 28.2 Å². The Kier molecular flexibility index (Phi) is 4.08. The molecule has 0 unspecified atom stereocenters. The lowest BCUT2D eigenvalue weighted by molar-refractivity contribution is -0.00293. The number of hydrogen-bond acceptors (Lipinski definition) is 3. The number of amides is 1. The summed E-state index contributed by atoms with van der Waals surface area (Å²) in [4.78, 5) is 12.0. The first-order chi connectivity index (χ1) is 8.04. The largest absolute Gasteiger partial charge is 0.507 e. The number of aliphatic hydroxyl groups is 1. The summed E-state index contributed by atoms with van der Waals surface area (Å²) in [5, 5.41) is 22.2. The summed E-state index contributed by atoms with van der Waals surface area (Å²) in [6, 6.07) is 4.57. The number of phenols is 1. The molecule has 0 aliphatic heterocycles. The van der Waals surface area contributed by atoms with Gasteiger partial charge in [-0.15, -0.1) is 0 Å². The molecule has 0 bridgehead atoms. The van der Waals surface area contributed by atoms with Gasteiger partial charge in [0.05, 0.1) is 15.6 Å². The summed E-state index contributed by atoms with van der Waals surface area (Å²) < 4.78 is 0.529. The van der Waals surface area contributed by atoms with E-state index in [0.717, 1.165) is 0 Å². The molecule has 0 heterocycles. The minimum absolute atomic E-state index is 0.00344. The second kappa shape index (κ2) is 4.90. The van der Waals surface area contributed by atoms with Crippen LogP contribution in [0.2, 0.25) is 0 Å². The maximum absolute atomic E-state index is 12.0. The van der Waals surface area contributed by atoms with Crippen molar-refractivity contribution in [2.24, 2.45) is 0 Å². The van der Waals surface area contributed by atoms with Crippen molar-refractivity contribution in [3.8, 4) is 5.75 Å². The smallest absolute Gasteiger partial charge is 0.251 e. The third-order valence-electron chi connectivity index (χ3n) is 3.16. The van der Waals surface area contributed by atoms with Gasteiger partial charge in [0.25, 0.3) is 5.91 Å². The number of halogens is 1. The van der Waals surface area contributed by atoms with E-state index in [2.05, 4.69) is 21.2 Å². The number of carbonyl (C=O) groups excluding carboxylic acids is 1. The molecule has 1 aromatic rings. The summed E-state index contributed by atoms with van der Waals surface area (Å²) in [5.74, 6) is -0.339. The van der Waals surface area contributed by atoms with Gasteiger partial charge in [-0.25, -0.2) is 0 Å². The predicted molar refractivity (Wildman–Crippen MR) is 73.6 cm³/mol. The molecule has 0 atom stereocenters. The van der Waals surface area contributed by atoms with E-state index in [1.54, 1.807) is 39.8 Å². The van der Waals surface area contributed by atoms with Crippen molar-refractivity contribution < 1.29 is 15.0 Å². The molecule has 1 aromatic carbocycles. The van der Waals surface area contributed by atoms with Gasteiger partial charge in [-0.05, 0) is 61.8 Å². The second-order valence-corrected chi connectivity index (χ2v) is 6.16. The average molecular weight is 316 g/mol. The molecular weight excluding hydrogens is 298 g/mol. The van der Waals surface area contributed by atoms with E-state index in [1.807, 2.05) is 0 Å². The number of benzene rings is 1. The minimum Gasteiger partial charge on any atom is -0.507 e. The van der Waals surface area contributed by atoms with Gasteiger partial charge >= 0.3 is 0 Å². The molecule has 3 N–H and O–H groups in total. The Balaban J connectivity index is 2.93. The first-order valence-electron chi connectivity index (χ1n) is 5.58. The Morgan fingerprint density at radius 3 is 2.28 bits per heavy atom. The normalized spacial score (nSPS) is 12.3.